The molecule has 0 unspecified atom stereocenters. The summed E-state index contributed by atoms with van der Waals surface area (Å²) in [6.45, 7) is 4.98. The topological polar surface area (TPSA) is 67.3 Å². The Morgan fingerprint density at radius 1 is 1.62 bits per heavy atom. The molecular weight excluding hydrogens is 268 g/mol. The molecule has 0 radical (unpaired) electrons. The molecule has 1 aromatic rings. The van der Waals surface area contributed by atoms with E-state index in [1.54, 1.807) is 6.33 Å². The number of hydrogen-bond donors (Lipinski definition) is 1. The van der Waals surface area contributed by atoms with E-state index in [1.165, 1.54) is 5.56 Å². The second-order valence-corrected chi connectivity index (χ2v) is 5.77. The van der Waals surface area contributed by atoms with Crippen molar-refractivity contribution in [3.05, 3.63) is 23.8 Å². The molecule has 0 bridgehead atoms. The zero-order chi connectivity index (χ0) is 14.7. The lowest BCUT2D eigenvalue weighted by atomic mass is 10.1. The lowest BCUT2D eigenvalue weighted by molar-refractivity contribution is -0.126. The molecule has 1 saturated heterocycles. The lowest BCUT2D eigenvalue weighted by Gasteiger charge is -2.32. The molecule has 0 aromatic carbocycles. The van der Waals surface area contributed by atoms with Crippen LogP contribution in [0, 0.1) is 0 Å². The Kier molecular flexibility index (Phi) is 4.45. The van der Waals surface area contributed by atoms with Crippen LogP contribution in [-0.4, -0.2) is 52.6 Å². The molecule has 114 valence electrons. The standard InChI is InChI=1S/C15H22N4O2/c1-11(15(20)17-8-13-3-2-6-21-13)19-5-4-12-7-16-10-18-14(12)9-19/h7,10-11,13H,2-6,8-9H2,1H3,(H,17,20)/t11-,13+/m1/s1. The average Bonchev–Trinajstić information content (AvgIpc) is 3.05. The van der Waals surface area contributed by atoms with Crippen molar-refractivity contribution >= 4 is 5.91 Å². The minimum absolute atomic E-state index is 0.0722. The molecule has 3 heterocycles. The first-order chi connectivity index (χ1) is 10.2. The largest absolute Gasteiger partial charge is 0.376 e. The third kappa shape index (κ3) is 3.39. The van der Waals surface area contributed by atoms with Crippen LogP contribution in [0.5, 0.6) is 0 Å². The van der Waals surface area contributed by atoms with Crippen molar-refractivity contribution in [2.45, 2.75) is 44.9 Å². The van der Waals surface area contributed by atoms with Gasteiger partial charge in [-0.2, -0.15) is 0 Å². The van der Waals surface area contributed by atoms with Crippen LogP contribution >= 0.6 is 0 Å². The Balaban J connectivity index is 1.53. The van der Waals surface area contributed by atoms with Gasteiger partial charge in [0.25, 0.3) is 0 Å². The van der Waals surface area contributed by atoms with Crippen molar-refractivity contribution in [3.63, 3.8) is 0 Å². The first kappa shape index (κ1) is 14.4. The Labute approximate surface area is 124 Å². The van der Waals surface area contributed by atoms with Gasteiger partial charge in [-0.3, -0.25) is 9.69 Å². The third-order valence-electron chi connectivity index (χ3n) is 4.36. The SMILES string of the molecule is C[C@H](C(=O)NC[C@@H]1CCCO1)N1CCc2cncnc2C1. The van der Waals surface area contributed by atoms with Gasteiger partial charge in [-0.05, 0) is 31.7 Å². The van der Waals surface area contributed by atoms with Gasteiger partial charge in [0.1, 0.15) is 6.33 Å². The van der Waals surface area contributed by atoms with Gasteiger partial charge in [-0.25, -0.2) is 9.97 Å². The van der Waals surface area contributed by atoms with Gasteiger partial charge in [-0.1, -0.05) is 0 Å². The Hall–Kier alpha value is -1.53. The van der Waals surface area contributed by atoms with Gasteiger partial charge in [-0.15, -0.1) is 0 Å². The average molecular weight is 290 g/mol. The van der Waals surface area contributed by atoms with Crippen LogP contribution in [0.4, 0.5) is 0 Å². The molecule has 2 aliphatic heterocycles. The van der Waals surface area contributed by atoms with E-state index in [1.807, 2.05) is 13.1 Å². The maximum absolute atomic E-state index is 12.3. The highest BCUT2D eigenvalue weighted by Gasteiger charge is 2.26. The molecule has 1 fully saturated rings. The van der Waals surface area contributed by atoms with E-state index >= 15 is 0 Å². The van der Waals surface area contributed by atoms with Crippen LogP contribution in [0.25, 0.3) is 0 Å². The van der Waals surface area contributed by atoms with Crippen molar-refractivity contribution in [2.75, 3.05) is 19.7 Å². The number of nitrogens with zero attached hydrogens (tertiary/aromatic N) is 3. The summed E-state index contributed by atoms with van der Waals surface area (Å²) in [6.07, 6.45) is 6.68. The number of amides is 1. The maximum Gasteiger partial charge on any atom is 0.237 e. The lowest BCUT2D eigenvalue weighted by Crippen LogP contribution is -2.48. The molecular formula is C15H22N4O2. The van der Waals surface area contributed by atoms with E-state index < -0.39 is 0 Å². The Bertz CT molecular complexity index is 502. The normalized spacial score (nSPS) is 23.6. The minimum atomic E-state index is -0.144. The van der Waals surface area contributed by atoms with Gasteiger partial charge in [0.05, 0.1) is 17.8 Å². The van der Waals surface area contributed by atoms with E-state index in [4.69, 9.17) is 4.74 Å². The smallest absolute Gasteiger partial charge is 0.237 e. The van der Waals surface area contributed by atoms with E-state index in [2.05, 4.69) is 20.2 Å². The van der Waals surface area contributed by atoms with E-state index in [9.17, 15) is 4.79 Å². The highest BCUT2D eigenvalue weighted by atomic mass is 16.5. The molecule has 2 atom stereocenters. The highest BCUT2D eigenvalue weighted by molar-refractivity contribution is 5.81. The van der Waals surface area contributed by atoms with Gasteiger partial charge in [0.15, 0.2) is 0 Å². The predicted molar refractivity (Wildman–Crippen MR) is 77.6 cm³/mol. The maximum atomic E-state index is 12.3. The molecule has 0 spiro atoms. The summed E-state index contributed by atoms with van der Waals surface area (Å²) in [5.74, 6) is 0.0722. The number of hydrogen-bond acceptors (Lipinski definition) is 5. The van der Waals surface area contributed by atoms with Gasteiger partial charge < -0.3 is 10.1 Å². The molecule has 0 saturated carbocycles. The quantitative estimate of drug-likeness (QED) is 0.875. The molecule has 0 aliphatic carbocycles. The molecule has 1 N–H and O–H groups in total. The number of nitrogens with one attached hydrogen (secondary N) is 1. The van der Waals surface area contributed by atoms with E-state index in [-0.39, 0.29) is 18.1 Å². The van der Waals surface area contributed by atoms with E-state index in [0.29, 0.717) is 13.1 Å². The summed E-state index contributed by atoms with van der Waals surface area (Å²) >= 11 is 0. The van der Waals surface area contributed by atoms with Gasteiger partial charge >= 0.3 is 0 Å². The van der Waals surface area contributed by atoms with Gasteiger partial charge in [0.2, 0.25) is 5.91 Å². The van der Waals surface area contributed by atoms with Crippen molar-refractivity contribution in [3.8, 4) is 0 Å². The Morgan fingerprint density at radius 2 is 2.52 bits per heavy atom. The summed E-state index contributed by atoms with van der Waals surface area (Å²) in [5.41, 5.74) is 2.23. The van der Waals surface area contributed by atoms with Crippen LogP contribution in [0.15, 0.2) is 12.5 Å². The zero-order valence-electron chi connectivity index (χ0n) is 12.4. The fourth-order valence-corrected chi connectivity index (χ4v) is 2.93. The first-order valence-corrected chi connectivity index (χ1v) is 7.65. The number of fused-ring (bicyclic) bond motifs is 1. The predicted octanol–water partition coefficient (Wildman–Crippen LogP) is 0.518. The number of carbonyl (C=O) groups excluding carboxylic acids is 1. The molecule has 6 heteroatoms. The second-order valence-electron chi connectivity index (χ2n) is 5.77. The summed E-state index contributed by atoms with van der Waals surface area (Å²) < 4.78 is 5.53. The van der Waals surface area contributed by atoms with Crippen molar-refractivity contribution < 1.29 is 9.53 Å². The monoisotopic (exact) mass is 290 g/mol. The zero-order valence-corrected chi connectivity index (χ0v) is 12.4. The number of aromatic nitrogens is 2. The third-order valence-corrected chi connectivity index (χ3v) is 4.36. The number of rotatable bonds is 4. The second kappa shape index (κ2) is 6.49. The molecule has 1 amide bonds. The summed E-state index contributed by atoms with van der Waals surface area (Å²) in [5, 5.41) is 3.01. The van der Waals surface area contributed by atoms with Crippen molar-refractivity contribution in [1.82, 2.24) is 20.2 Å². The summed E-state index contributed by atoms with van der Waals surface area (Å²) in [7, 11) is 0. The van der Waals surface area contributed by atoms with Crippen LogP contribution < -0.4 is 5.32 Å². The Morgan fingerprint density at radius 3 is 3.33 bits per heavy atom. The van der Waals surface area contributed by atoms with Crippen LogP contribution in [-0.2, 0) is 22.5 Å². The molecule has 21 heavy (non-hydrogen) atoms. The molecule has 2 aliphatic rings. The van der Waals surface area contributed by atoms with E-state index in [0.717, 1.165) is 38.1 Å². The summed E-state index contributed by atoms with van der Waals surface area (Å²) in [6, 6.07) is -0.144. The molecule has 1 aromatic heterocycles. The molecule has 6 nitrogen and oxygen atoms in total. The highest BCUT2D eigenvalue weighted by Crippen LogP contribution is 2.17. The number of ether oxygens (including phenoxy) is 1. The fraction of sp³-hybridized carbons (Fsp3) is 0.667. The van der Waals surface area contributed by atoms with Crippen LogP contribution in [0.1, 0.15) is 31.0 Å². The van der Waals surface area contributed by atoms with Crippen molar-refractivity contribution in [2.24, 2.45) is 0 Å². The van der Waals surface area contributed by atoms with Gasteiger partial charge in [0, 0.05) is 32.4 Å². The first-order valence-electron chi connectivity index (χ1n) is 7.65. The van der Waals surface area contributed by atoms with Crippen LogP contribution in [0.3, 0.4) is 0 Å². The van der Waals surface area contributed by atoms with Crippen molar-refractivity contribution in [1.29, 1.82) is 0 Å². The van der Waals surface area contributed by atoms with Crippen LogP contribution in [0.2, 0.25) is 0 Å². The summed E-state index contributed by atoms with van der Waals surface area (Å²) in [4.78, 5) is 22.8. The number of carbonyl (C=O) groups is 1. The minimum Gasteiger partial charge on any atom is -0.376 e. The molecule has 3 rings (SSSR count). The fourth-order valence-electron chi connectivity index (χ4n) is 2.93.